The van der Waals surface area contributed by atoms with Crippen LogP contribution in [0.1, 0.15) is 93.4 Å². The molecule has 1 rings (SSSR count). The van der Waals surface area contributed by atoms with Crippen LogP contribution in [-0.4, -0.2) is 256 Å². The molecule has 22 heteroatoms. The van der Waals surface area contributed by atoms with Crippen molar-refractivity contribution in [1.82, 2.24) is 29.4 Å². The Labute approximate surface area is 440 Å². The van der Waals surface area contributed by atoms with E-state index in [2.05, 4.69) is 6.58 Å². The first kappa shape index (κ1) is 80.4. The highest BCUT2D eigenvalue weighted by Crippen LogP contribution is 2.09. The van der Waals surface area contributed by atoms with Crippen molar-refractivity contribution in [2.24, 2.45) is 41.2 Å². The number of hydrogen-bond donors (Lipinski definition) is 8. The monoisotopic (exact) mass is 1060 g/mol. The number of primary amides is 1. The summed E-state index contributed by atoms with van der Waals surface area (Å²) in [7, 11) is 17.3. The third kappa shape index (κ3) is 47.5. The zero-order valence-electron chi connectivity index (χ0n) is 48.3. The Morgan fingerprint density at radius 2 is 0.863 bits per heavy atom. The predicted molar refractivity (Wildman–Crippen MR) is 287 cm³/mol. The average molecular weight is 1060 g/mol. The van der Waals surface area contributed by atoms with E-state index in [1.807, 2.05) is 58.4 Å². The molecular weight excluding hydrogens is 951 g/mol. The van der Waals surface area contributed by atoms with Gasteiger partial charge in [0.2, 0.25) is 35.4 Å². The summed E-state index contributed by atoms with van der Waals surface area (Å²) in [5.74, 6) is -0.163. The maximum Gasteiger partial charge on any atom is 0.225 e. The van der Waals surface area contributed by atoms with Crippen LogP contribution < -0.4 is 5.73 Å². The first-order chi connectivity index (χ1) is 33.9. The van der Waals surface area contributed by atoms with Crippen LogP contribution in [0.3, 0.4) is 0 Å². The summed E-state index contributed by atoms with van der Waals surface area (Å²) >= 11 is 0. The van der Waals surface area contributed by atoms with Crippen LogP contribution >= 0.6 is 0 Å². The molecule has 0 saturated carbocycles. The van der Waals surface area contributed by atoms with Crippen molar-refractivity contribution < 1.29 is 74.0 Å². The van der Waals surface area contributed by atoms with E-state index in [1.54, 1.807) is 90.0 Å². The fraction of sp³-hybridized carbons (Fsp3) is 0.843. The quantitative estimate of drug-likeness (QED) is 0.0656. The van der Waals surface area contributed by atoms with Crippen LogP contribution in [0, 0.1) is 35.5 Å². The van der Waals surface area contributed by atoms with E-state index >= 15 is 0 Å². The first-order valence-corrected chi connectivity index (χ1v) is 25.1. The molecule has 1 aliphatic rings. The van der Waals surface area contributed by atoms with E-state index in [4.69, 9.17) is 51.0 Å². The zero-order valence-corrected chi connectivity index (χ0v) is 48.3. The van der Waals surface area contributed by atoms with Crippen LogP contribution in [0.2, 0.25) is 0 Å². The molecule has 4 unspecified atom stereocenters. The lowest BCUT2D eigenvalue weighted by Crippen LogP contribution is -2.43. The fourth-order valence-electron chi connectivity index (χ4n) is 5.65. The molecule has 0 aromatic carbocycles. The van der Waals surface area contributed by atoms with Gasteiger partial charge in [0.15, 0.2) is 0 Å². The maximum atomic E-state index is 11.6. The van der Waals surface area contributed by atoms with Crippen LogP contribution in [0.4, 0.5) is 0 Å². The second-order valence-corrected chi connectivity index (χ2v) is 18.7. The molecule has 0 aliphatic carbocycles. The minimum Gasteiger partial charge on any atom is -0.396 e. The van der Waals surface area contributed by atoms with Crippen molar-refractivity contribution in [2.45, 2.75) is 99.5 Å². The number of hydrogen-bond acceptors (Lipinski definition) is 16. The number of methoxy groups -OCH3 is 1. The molecule has 73 heavy (non-hydrogen) atoms. The number of ether oxygens (including phenoxy) is 2. The topological polar surface area (TPSA) is 308 Å². The molecule has 1 heterocycles. The lowest BCUT2D eigenvalue weighted by Gasteiger charge is -2.29. The molecule has 0 bridgehead atoms. The van der Waals surface area contributed by atoms with Crippen LogP contribution in [-0.2, 0) is 38.2 Å². The highest BCUT2D eigenvalue weighted by Gasteiger charge is 2.22. The molecule has 6 amide bonds. The summed E-state index contributed by atoms with van der Waals surface area (Å²) in [6.45, 7) is 20.6. The van der Waals surface area contributed by atoms with Crippen LogP contribution in [0.5, 0.6) is 0 Å². The van der Waals surface area contributed by atoms with E-state index in [9.17, 15) is 28.8 Å². The number of carbonyl (C=O) groups is 6. The highest BCUT2D eigenvalue weighted by molar-refractivity contribution is 5.79. The van der Waals surface area contributed by atoms with Crippen molar-refractivity contribution in [3.63, 3.8) is 0 Å². The number of rotatable bonds is 24. The van der Waals surface area contributed by atoms with Gasteiger partial charge in [-0.05, 0) is 44.9 Å². The largest absolute Gasteiger partial charge is 0.396 e. The molecule has 436 valence electrons. The summed E-state index contributed by atoms with van der Waals surface area (Å²) < 4.78 is 10.0. The predicted octanol–water partition coefficient (Wildman–Crippen LogP) is 0.575. The van der Waals surface area contributed by atoms with Gasteiger partial charge in [-0.1, -0.05) is 55.0 Å². The van der Waals surface area contributed by atoms with Gasteiger partial charge in [0.25, 0.3) is 0 Å². The van der Waals surface area contributed by atoms with Gasteiger partial charge in [0.05, 0.1) is 25.9 Å². The van der Waals surface area contributed by atoms with E-state index in [-0.39, 0.29) is 111 Å². The molecule has 0 radical (unpaired) electrons. The standard InChI is InChI=1S/C9H17NO3.2C8H17NO2.3C7H15NO2.C5H11NO2/c1-8(2-5-11)9(12)10-3-6-13-7-4-10;1-7(5-6-11-4)8(10)9(2)3;1-4-7(2)9(3)5-8(11)6-10;3*1-6(4-5-9)7(10)8(2)3;1-4(2-3-7)5(6)8/h8,11H,2-7H2,1H3;7H,5-6H2,1-4H3;8,10-11H,2,4-6H2,1,3H3;3*6,9H,4-5H2,1-3H3;4,7H,2-3H2,1H3,(H2,6,8)/t;;8-;2*6-;;/m..110../s1. The van der Waals surface area contributed by atoms with Crippen molar-refractivity contribution in [3.8, 4) is 0 Å². The van der Waals surface area contributed by atoms with E-state index in [1.165, 1.54) is 0 Å². The smallest absolute Gasteiger partial charge is 0.225 e. The van der Waals surface area contributed by atoms with Gasteiger partial charge in [-0.25, -0.2) is 0 Å². The summed E-state index contributed by atoms with van der Waals surface area (Å²) in [6, 6.07) is 0. The second-order valence-electron chi connectivity index (χ2n) is 18.7. The molecule has 1 saturated heterocycles. The Bertz CT molecular complexity index is 1340. The van der Waals surface area contributed by atoms with E-state index < -0.39 is 6.10 Å². The van der Waals surface area contributed by atoms with Gasteiger partial charge in [-0.3, -0.25) is 28.8 Å². The lowest BCUT2D eigenvalue weighted by atomic mass is 10.1. The molecule has 7 atom stereocenters. The number of carbonyl (C=O) groups excluding carboxylic acids is 6. The third-order valence-corrected chi connectivity index (χ3v) is 10.9. The third-order valence-electron chi connectivity index (χ3n) is 10.9. The van der Waals surface area contributed by atoms with Gasteiger partial charge in [0.1, 0.15) is 0 Å². The SMILES string of the molecule is C=C(CC)N(C)C[C@@H](O)CO.CC(CCO)C(=O)N(C)C.CC(CCO)C(=O)N1CCOCC1.CC(CCO)C(N)=O.COCCC(C)C(=O)N(C)C.C[C@@H](CCO)C(=O)N(C)C.C[C@H](CCO)C(=O)N(C)C. The van der Waals surface area contributed by atoms with Crippen molar-refractivity contribution in [3.05, 3.63) is 12.3 Å². The molecular formula is C51H107N7O15. The highest BCUT2D eigenvalue weighted by atomic mass is 16.5. The fourth-order valence-corrected chi connectivity index (χ4v) is 5.65. The molecule has 9 N–H and O–H groups in total. The van der Waals surface area contributed by atoms with Gasteiger partial charge >= 0.3 is 0 Å². The first-order valence-electron chi connectivity index (χ1n) is 25.1. The molecule has 0 spiro atoms. The Hall–Kier alpha value is -4.00. The normalized spacial score (nSPS) is 14.1. The number of aliphatic hydroxyl groups excluding tert-OH is 7. The molecule has 0 aromatic heterocycles. The molecule has 1 fully saturated rings. The van der Waals surface area contributed by atoms with Crippen molar-refractivity contribution >= 4 is 35.4 Å². The minimum absolute atomic E-state index is 0.0319. The maximum absolute atomic E-state index is 11.6. The Morgan fingerprint density at radius 1 is 0.562 bits per heavy atom. The summed E-state index contributed by atoms with van der Waals surface area (Å²) in [4.78, 5) is 76.1. The van der Waals surface area contributed by atoms with Crippen LogP contribution in [0.25, 0.3) is 0 Å². The molecule has 22 nitrogen and oxygen atoms in total. The van der Waals surface area contributed by atoms with E-state index in [0.717, 1.165) is 18.5 Å². The number of nitrogens with two attached hydrogens (primary N) is 1. The lowest BCUT2D eigenvalue weighted by molar-refractivity contribution is -0.139. The Balaban J connectivity index is -0.000000180. The van der Waals surface area contributed by atoms with Gasteiger partial charge in [0, 0.05) is 171 Å². The zero-order chi connectivity index (χ0) is 58.4. The Morgan fingerprint density at radius 3 is 1.11 bits per heavy atom. The summed E-state index contributed by atoms with van der Waals surface area (Å²) in [5.41, 5.74) is 5.84. The number of aliphatic hydroxyl groups is 7. The van der Waals surface area contributed by atoms with Crippen LogP contribution in [0.15, 0.2) is 12.3 Å². The van der Waals surface area contributed by atoms with Gasteiger partial charge < -0.3 is 80.4 Å². The van der Waals surface area contributed by atoms with Crippen molar-refractivity contribution in [2.75, 3.05) is 150 Å². The molecule has 1 aliphatic heterocycles. The average Bonchev–Trinajstić information content (AvgIpc) is 3.35. The number of morpholine rings is 1. The Kier molecular flexibility index (Phi) is 56.7. The summed E-state index contributed by atoms with van der Waals surface area (Å²) in [5, 5.41) is 60.0. The number of allylic oxidation sites excluding steroid dienone is 1. The number of nitrogens with zero attached hydrogens (tertiary/aromatic N) is 6. The van der Waals surface area contributed by atoms with Gasteiger partial charge in [-0.15, -0.1) is 0 Å². The van der Waals surface area contributed by atoms with Crippen molar-refractivity contribution in [1.29, 1.82) is 0 Å². The number of likely N-dealkylation sites (N-methyl/N-ethyl adjacent to an activating group) is 1. The minimum atomic E-state index is -0.664. The second kappa shape index (κ2) is 51.5. The van der Waals surface area contributed by atoms with E-state index in [0.29, 0.717) is 71.6 Å². The summed E-state index contributed by atoms with van der Waals surface area (Å²) in [6.07, 6.45) is 3.68. The molecule has 0 aromatic rings. The van der Waals surface area contributed by atoms with Gasteiger partial charge in [-0.2, -0.15) is 0 Å². The number of amides is 6.